The molecule has 0 N–H and O–H groups in total. The number of ether oxygens (including phenoxy) is 1. The molecule has 3 heterocycles. The number of aryl methyl sites for hydroxylation is 1. The highest BCUT2D eigenvalue weighted by Gasteiger charge is 2.43. The van der Waals surface area contributed by atoms with Crippen molar-refractivity contribution in [3.63, 3.8) is 0 Å². The van der Waals surface area contributed by atoms with Crippen molar-refractivity contribution in [2.75, 3.05) is 13.7 Å². The van der Waals surface area contributed by atoms with Crippen molar-refractivity contribution in [2.24, 2.45) is 4.99 Å². The number of rotatable bonds is 3. The average Bonchev–Trinajstić information content (AvgIpc) is 3.11. The summed E-state index contributed by atoms with van der Waals surface area (Å²) in [6.07, 6.45) is 1.85. The summed E-state index contributed by atoms with van der Waals surface area (Å²) in [6.45, 7) is 5.39. The highest BCUT2D eigenvalue weighted by atomic mass is 32.2. The van der Waals surface area contributed by atoms with E-state index in [1.54, 1.807) is 7.11 Å². The van der Waals surface area contributed by atoms with Gasteiger partial charge >= 0.3 is 0 Å². The van der Waals surface area contributed by atoms with Crippen molar-refractivity contribution in [1.29, 1.82) is 0 Å². The lowest BCUT2D eigenvalue weighted by molar-refractivity contribution is 0.320. The van der Waals surface area contributed by atoms with E-state index in [9.17, 15) is 0 Å². The predicted molar refractivity (Wildman–Crippen MR) is 98.6 cm³/mol. The minimum atomic E-state index is 0.0500. The number of hydrogen-bond donors (Lipinski definition) is 0. The summed E-state index contributed by atoms with van der Waals surface area (Å²) >= 11 is 1.87. The van der Waals surface area contributed by atoms with Crippen molar-refractivity contribution in [1.82, 2.24) is 9.88 Å². The standard InChI is InChI=1S/C19H21N3OS/c1-12-10-14(7-8-16(12)23-3)18-17(15-6-4-5-9-20-15)21-19-22(18)11-13(2)24-19/h4-10,13,17-18H,11H2,1-3H3. The SMILES string of the molecule is COc1ccc(C2C(c3ccccn3)N=C3SC(C)CN32)cc1C. The van der Waals surface area contributed by atoms with E-state index in [0.717, 1.165) is 28.7 Å². The second kappa shape index (κ2) is 6.13. The summed E-state index contributed by atoms with van der Waals surface area (Å²) < 4.78 is 5.42. The quantitative estimate of drug-likeness (QED) is 0.847. The molecule has 4 nitrogen and oxygen atoms in total. The maximum absolute atomic E-state index is 5.42. The molecule has 2 aliphatic rings. The Balaban J connectivity index is 1.77. The van der Waals surface area contributed by atoms with Crippen molar-refractivity contribution >= 4 is 16.9 Å². The van der Waals surface area contributed by atoms with Crippen molar-refractivity contribution in [3.05, 3.63) is 59.4 Å². The van der Waals surface area contributed by atoms with Crippen molar-refractivity contribution in [3.8, 4) is 5.75 Å². The largest absolute Gasteiger partial charge is 0.496 e. The topological polar surface area (TPSA) is 37.7 Å². The number of pyridine rings is 1. The number of aliphatic imine (C=N–C) groups is 1. The molecule has 24 heavy (non-hydrogen) atoms. The zero-order valence-corrected chi connectivity index (χ0v) is 15.0. The van der Waals surface area contributed by atoms with Crippen LogP contribution in [0.5, 0.6) is 5.75 Å². The number of amidine groups is 1. The van der Waals surface area contributed by atoms with Gasteiger partial charge in [0.2, 0.25) is 0 Å². The Kier molecular flexibility index (Phi) is 3.96. The van der Waals surface area contributed by atoms with Gasteiger partial charge in [0.25, 0.3) is 0 Å². The zero-order valence-electron chi connectivity index (χ0n) is 14.1. The fourth-order valence-corrected chi connectivity index (χ4v) is 4.66. The monoisotopic (exact) mass is 339 g/mol. The molecule has 0 saturated carbocycles. The molecule has 1 aromatic carbocycles. The van der Waals surface area contributed by atoms with Gasteiger partial charge in [0, 0.05) is 18.0 Å². The van der Waals surface area contributed by atoms with Crippen LogP contribution in [0.15, 0.2) is 47.6 Å². The van der Waals surface area contributed by atoms with Crippen molar-refractivity contribution in [2.45, 2.75) is 31.2 Å². The van der Waals surface area contributed by atoms with E-state index in [-0.39, 0.29) is 12.1 Å². The molecule has 5 heteroatoms. The summed E-state index contributed by atoms with van der Waals surface area (Å²) in [7, 11) is 1.72. The number of nitrogens with zero attached hydrogens (tertiary/aromatic N) is 3. The van der Waals surface area contributed by atoms with Gasteiger partial charge in [-0.05, 0) is 36.2 Å². The van der Waals surface area contributed by atoms with Crippen LogP contribution in [-0.2, 0) is 0 Å². The van der Waals surface area contributed by atoms with Crippen LogP contribution in [0.4, 0.5) is 0 Å². The second-order valence-corrected chi connectivity index (χ2v) is 7.77. The van der Waals surface area contributed by atoms with Gasteiger partial charge in [-0.15, -0.1) is 0 Å². The van der Waals surface area contributed by atoms with Gasteiger partial charge in [-0.25, -0.2) is 0 Å². The van der Waals surface area contributed by atoms with Crippen LogP contribution >= 0.6 is 11.8 Å². The first-order valence-electron chi connectivity index (χ1n) is 8.24. The molecule has 0 amide bonds. The lowest BCUT2D eigenvalue weighted by Gasteiger charge is -2.27. The molecule has 3 atom stereocenters. The summed E-state index contributed by atoms with van der Waals surface area (Å²) in [5, 5.41) is 1.73. The van der Waals surface area contributed by atoms with E-state index in [4.69, 9.17) is 9.73 Å². The molecule has 2 aromatic rings. The number of thioether (sulfide) groups is 1. The van der Waals surface area contributed by atoms with Crippen LogP contribution in [-0.4, -0.2) is 34.0 Å². The normalized spacial score (nSPS) is 25.5. The van der Waals surface area contributed by atoms with E-state index >= 15 is 0 Å². The average molecular weight is 339 g/mol. The van der Waals surface area contributed by atoms with Crippen LogP contribution in [0.25, 0.3) is 0 Å². The number of methoxy groups -OCH3 is 1. The molecule has 0 spiro atoms. The van der Waals surface area contributed by atoms with Gasteiger partial charge in [0.05, 0.1) is 18.8 Å². The van der Waals surface area contributed by atoms with Crippen LogP contribution in [0.1, 0.15) is 35.8 Å². The highest BCUT2D eigenvalue weighted by molar-refractivity contribution is 8.14. The van der Waals surface area contributed by atoms with Crippen LogP contribution in [0, 0.1) is 6.92 Å². The van der Waals surface area contributed by atoms with Crippen LogP contribution in [0.2, 0.25) is 0 Å². The molecule has 0 aliphatic carbocycles. The minimum Gasteiger partial charge on any atom is -0.496 e. The highest BCUT2D eigenvalue weighted by Crippen LogP contribution is 2.47. The second-order valence-electron chi connectivity index (χ2n) is 6.37. The third-order valence-electron chi connectivity index (χ3n) is 4.64. The third kappa shape index (κ3) is 2.57. The summed E-state index contributed by atoms with van der Waals surface area (Å²) in [4.78, 5) is 12.0. The fourth-order valence-electron chi connectivity index (χ4n) is 3.56. The first-order chi connectivity index (χ1) is 11.7. The molecule has 4 rings (SSSR count). The Morgan fingerprint density at radius 1 is 1.25 bits per heavy atom. The zero-order chi connectivity index (χ0) is 16.7. The Hall–Kier alpha value is -2.01. The van der Waals surface area contributed by atoms with Gasteiger partial charge in [-0.1, -0.05) is 36.9 Å². The molecular weight excluding hydrogens is 318 g/mol. The van der Waals surface area contributed by atoms with E-state index in [1.807, 2.05) is 30.1 Å². The predicted octanol–water partition coefficient (Wildman–Crippen LogP) is 3.99. The van der Waals surface area contributed by atoms with Gasteiger partial charge in [-0.3, -0.25) is 9.98 Å². The number of benzene rings is 1. The van der Waals surface area contributed by atoms with E-state index in [2.05, 4.69) is 48.0 Å². The van der Waals surface area contributed by atoms with Gasteiger partial charge < -0.3 is 9.64 Å². The van der Waals surface area contributed by atoms with Gasteiger partial charge in [0.15, 0.2) is 5.17 Å². The first-order valence-corrected chi connectivity index (χ1v) is 9.12. The van der Waals surface area contributed by atoms with E-state index < -0.39 is 0 Å². The van der Waals surface area contributed by atoms with E-state index in [0.29, 0.717) is 5.25 Å². The molecule has 1 aromatic heterocycles. The van der Waals surface area contributed by atoms with Crippen molar-refractivity contribution < 1.29 is 4.74 Å². The molecule has 1 fully saturated rings. The molecule has 3 unspecified atom stereocenters. The lowest BCUT2D eigenvalue weighted by atomic mass is 9.95. The molecular formula is C19H21N3OS. The molecule has 1 saturated heterocycles. The van der Waals surface area contributed by atoms with Crippen LogP contribution in [0.3, 0.4) is 0 Å². The number of aromatic nitrogens is 1. The Bertz CT molecular complexity index is 777. The maximum Gasteiger partial charge on any atom is 0.160 e. The summed E-state index contributed by atoms with van der Waals surface area (Å²) in [5.41, 5.74) is 3.46. The lowest BCUT2D eigenvalue weighted by Crippen LogP contribution is -2.28. The Morgan fingerprint density at radius 3 is 2.83 bits per heavy atom. The molecule has 0 bridgehead atoms. The summed E-state index contributed by atoms with van der Waals surface area (Å²) in [5.74, 6) is 0.927. The smallest absolute Gasteiger partial charge is 0.160 e. The van der Waals surface area contributed by atoms with E-state index in [1.165, 1.54) is 5.56 Å². The van der Waals surface area contributed by atoms with Crippen LogP contribution < -0.4 is 4.74 Å². The van der Waals surface area contributed by atoms with Gasteiger partial charge in [-0.2, -0.15) is 0 Å². The summed E-state index contributed by atoms with van der Waals surface area (Å²) in [6, 6.07) is 12.8. The molecule has 0 radical (unpaired) electrons. The number of hydrogen-bond acceptors (Lipinski definition) is 5. The van der Waals surface area contributed by atoms with Gasteiger partial charge in [0.1, 0.15) is 11.8 Å². The fraction of sp³-hybridized carbons (Fsp3) is 0.368. The molecule has 2 aliphatic heterocycles. The minimum absolute atomic E-state index is 0.0500. The maximum atomic E-state index is 5.42. The molecule has 124 valence electrons. The third-order valence-corrected chi connectivity index (χ3v) is 5.74. The number of fused-ring (bicyclic) bond motifs is 1. The first kappa shape index (κ1) is 15.5. The Morgan fingerprint density at radius 2 is 2.12 bits per heavy atom. The Labute approximate surface area is 147 Å².